The van der Waals surface area contributed by atoms with Crippen molar-refractivity contribution in [2.75, 3.05) is 39.9 Å². The Hall–Kier alpha value is -0.150. The molecule has 2 aliphatic rings. The van der Waals surface area contributed by atoms with Crippen LogP contribution in [0.5, 0.6) is 0 Å². The van der Waals surface area contributed by atoms with Gasteiger partial charge in [0.05, 0.1) is 0 Å². The lowest BCUT2D eigenvalue weighted by atomic mass is 9.92. The van der Waals surface area contributed by atoms with Crippen LogP contribution in [0, 0.1) is 5.92 Å². The molecule has 2 nitrogen and oxygen atoms in total. The average molecular weight is 186 g/mol. The highest BCUT2D eigenvalue weighted by molar-refractivity contribution is 4.91. The lowest BCUT2D eigenvalue weighted by Crippen LogP contribution is -2.47. The lowest BCUT2D eigenvalue weighted by Gasteiger charge is -2.36. The van der Waals surface area contributed by atoms with Crippen LogP contribution >= 0.6 is 0 Å². The van der Waals surface area contributed by atoms with E-state index in [9.17, 15) is 4.39 Å². The third-order valence-corrected chi connectivity index (χ3v) is 3.63. The Morgan fingerprint density at radius 2 is 2.08 bits per heavy atom. The van der Waals surface area contributed by atoms with Crippen molar-refractivity contribution in [2.24, 2.45) is 5.92 Å². The largest absolute Gasteiger partial charge is 0.302 e. The lowest BCUT2D eigenvalue weighted by molar-refractivity contribution is 0.113. The Labute approximate surface area is 79.7 Å². The van der Waals surface area contributed by atoms with Crippen LogP contribution in [-0.4, -0.2) is 55.7 Å². The van der Waals surface area contributed by atoms with E-state index in [1.807, 2.05) is 0 Å². The van der Waals surface area contributed by atoms with Crippen LogP contribution in [-0.2, 0) is 0 Å². The first-order chi connectivity index (χ1) is 6.31. The molecule has 0 saturated carbocycles. The quantitative estimate of drug-likeness (QED) is 0.634. The van der Waals surface area contributed by atoms with E-state index in [2.05, 4.69) is 16.8 Å². The number of rotatable bonds is 2. The number of halogens is 1. The zero-order chi connectivity index (χ0) is 9.26. The van der Waals surface area contributed by atoms with E-state index >= 15 is 0 Å². The summed E-state index contributed by atoms with van der Waals surface area (Å²) < 4.78 is 12.2. The number of hydrogen-bond donors (Lipinski definition) is 0. The van der Waals surface area contributed by atoms with Crippen molar-refractivity contribution in [1.82, 2.24) is 9.80 Å². The number of alkyl halides is 1. The van der Waals surface area contributed by atoms with E-state index in [0.29, 0.717) is 12.6 Å². The van der Waals surface area contributed by atoms with Gasteiger partial charge in [-0.2, -0.15) is 0 Å². The fourth-order valence-electron chi connectivity index (χ4n) is 2.74. The first-order valence-electron chi connectivity index (χ1n) is 5.30. The van der Waals surface area contributed by atoms with E-state index < -0.39 is 0 Å². The van der Waals surface area contributed by atoms with Gasteiger partial charge in [0.2, 0.25) is 0 Å². The monoisotopic (exact) mass is 186 g/mol. The predicted molar refractivity (Wildman–Crippen MR) is 51.6 cm³/mol. The summed E-state index contributed by atoms with van der Waals surface area (Å²) in [6, 6.07) is 0.709. The molecule has 2 saturated heterocycles. The molecule has 0 spiro atoms. The van der Waals surface area contributed by atoms with E-state index in [1.165, 1.54) is 19.4 Å². The van der Waals surface area contributed by atoms with Crippen LogP contribution in [0.4, 0.5) is 4.39 Å². The minimum absolute atomic E-state index is 0.193. The van der Waals surface area contributed by atoms with Crippen molar-refractivity contribution in [2.45, 2.75) is 18.9 Å². The van der Waals surface area contributed by atoms with Crippen molar-refractivity contribution in [1.29, 1.82) is 0 Å². The normalized spacial score (nSPS) is 36.5. The minimum atomic E-state index is -0.193. The second-order valence-corrected chi connectivity index (χ2v) is 4.37. The highest BCUT2D eigenvalue weighted by atomic mass is 19.1. The molecule has 2 unspecified atom stereocenters. The third-order valence-electron chi connectivity index (χ3n) is 3.63. The van der Waals surface area contributed by atoms with Gasteiger partial charge in [-0.05, 0) is 38.9 Å². The number of likely N-dealkylation sites (N-methyl/N-ethyl adjacent to an activating group) is 1. The number of nitrogens with zero attached hydrogens (tertiary/aromatic N) is 2. The molecule has 13 heavy (non-hydrogen) atoms. The Bertz CT molecular complexity index is 174. The fraction of sp³-hybridized carbons (Fsp3) is 1.00. The molecule has 0 amide bonds. The summed E-state index contributed by atoms with van der Waals surface area (Å²) in [7, 11) is 2.20. The van der Waals surface area contributed by atoms with Crippen molar-refractivity contribution in [3.05, 3.63) is 0 Å². The van der Waals surface area contributed by atoms with Gasteiger partial charge in [0.1, 0.15) is 6.67 Å². The van der Waals surface area contributed by atoms with Gasteiger partial charge < -0.3 is 4.90 Å². The van der Waals surface area contributed by atoms with E-state index in [-0.39, 0.29) is 6.67 Å². The topological polar surface area (TPSA) is 6.48 Å². The SMILES string of the molecule is CN1CCC2CCN(CCF)CC21. The van der Waals surface area contributed by atoms with Crippen LogP contribution in [0.2, 0.25) is 0 Å². The average Bonchev–Trinajstić information content (AvgIpc) is 2.49. The molecule has 0 radical (unpaired) electrons. The molecule has 0 bridgehead atoms. The molecule has 2 rings (SSSR count). The van der Waals surface area contributed by atoms with Crippen LogP contribution in [0.1, 0.15) is 12.8 Å². The van der Waals surface area contributed by atoms with Gasteiger partial charge >= 0.3 is 0 Å². The molecule has 2 aliphatic heterocycles. The van der Waals surface area contributed by atoms with E-state index in [4.69, 9.17) is 0 Å². The highest BCUT2D eigenvalue weighted by Crippen LogP contribution is 2.30. The number of fused-ring (bicyclic) bond motifs is 1. The molecule has 0 aromatic rings. The first-order valence-corrected chi connectivity index (χ1v) is 5.30. The molecule has 0 aliphatic carbocycles. The first kappa shape index (κ1) is 9.41. The fourth-order valence-corrected chi connectivity index (χ4v) is 2.74. The van der Waals surface area contributed by atoms with Gasteiger partial charge in [-0.25, -0.2) is 4.39 Å². The molecule has 0 aromatic carbocycles. The summed E-state index contributed by atoms with van der Waals surface area (Å²) >= 11 is 0. The van der Waals surface area contributed by atoms with Crippen LogP contribution in [0.25, 0.3) is 0 Å². The molecule has 2 atom stereocenters. The minimum Gasteiger partial charge on any atom is -0.302 e. The smallest absolute Gasteiger partial charge is 0.102 e. The maximum Gasteiger partial charge on any atom is 0.102 e. The zero-order valence-corrected chi connectivity index (χ0v) is 8.38. The summed E-state index contributed by atoms with van der Waals surface area (Å²) in [6.07, 6.45) is 2.62. The Morgan fingerprint density at radius 3 is 2.85 bits per heavy atom. The van der Waals surface area contributed by atoms with Crippen molar-refractivity contribution in [3.63, 3.8) is 0 Å². The molecular formula is C10H19FN2. The van der Waals surface area contributed by atoms with Gasteiger partial charge in [0.15, 0.2) is 0 Å². The highest BCUT2D eigenvalue weighted by Gasteiger charge is 2.35. The third kappa shape index (κ3) is 1.86. The Kier molecular flexibility index (Phi) is 2.84. The molecule has 76 valence electrons. The molecule has 2 fully saturated rings. The second-order valence-electron chi connectivity index (χ2n) is 4.37. The summed E-state index contributed by atoms with van der Waals surface area (Å²) in [5.74, 6) is 0.890. The molecule has 2 heterocycles. The summed E-state index contributed by atoms with van der Waals surface area (Å²) in [4.78, 5) is 4.71. The molecule has 3 heteroatoms. The molecule has 0 aromatic heterocycles. The van der Waals surface area contributed by atoms with Gasteiger partial charge in [0.25, 0.3) is 0 Å². The van der Waals surface area contributed by atoms with Crippen molar-refractivity contribution in [3.8, 4) is 0 Å². The Balaban J connectivity index is 1.90. The standard InChI is InChI=1S/C10H19FN2/c1-12-5-2-9-3-6-13(7-4-11)8-10(9)12/h9-10H,2-8H2,1H3. The van der Waals surface area contributed by atoms with Gasteiger partial charge in [-0.3, -0.25) is 4.90 Å². The second kappa shape index (κ2) is 3.93. The van der Waals surface area contributed by atoms with Gasteiger partial charge in [-0.1, -0.05) is 0 Å². The molecular weight excluding hydrogens is 167 g/mol. The summed E-state index contributed by atoms with van der Waals surface area (Å²) in [6.45, 7) is 3.88. The maximum absolute atomic E-state index is 12.2. The summed E-state index contributed by atoms with van der Waals surface area (Å²) in [5, 5.41) is 0. The van der Waals surface area contributed by atoms with E-state index in [0.717, 1.165) is 19.0 Å². The predicted octanol–water partition coefficient (Wildman–Crippen LogP) is 0.982. The maximum atomic E-state index is 12.2. The van der Waals surface area contributed by atoms with Gasteiger partial charge in [0, 0.05) is 19.1 Å². The molecule has 0 N–H and O–H groups in total. The number of piperidine rings is 1. The summed E-state index contributed by atoms with van der Waals surface area (Å²) in [5.41, 5.74) is 0. The van der Waals surface area contributed by atoms with Crippen LogP contribution in [0.15, 0.2) is 0 Å². The Morgan fingerprint density at radius 1 is 1.31 bits per heavy atom. The van der Waals surface area contributed by atoms with Crippen LogP contribution < -0.4 is 0 Å². The number of likely N-dealkylation sites (tertiary alicyclic amines) is 2. The van der Waals surface area contributed by atoms with E-state index in [1.54, 1.807) is 0 Å². The van der Waals surface area contributed by atoms with Crippen LogP contribution in [0.3, 0.4) is 0 Å². The number of hydrogen-bond acceptors (Lipinski definition) is 2. The van der Waals surface area contributed by atoms with Crippen molar-refractivity contribution >= 4 is 0 Å². The van der Waals surface area contributed by atoms with Crippen molar-refractivity contribution < 1.29 is 4.39 Å². The zero-order valence-electron chi connectivity index (χ0n) is 8.38. The van der Waals surface area contributed by atoms with Gasteiger partial charge in [-0.15, -0.1) is 0 Å².